The van der Waals surface area contributed by atoms with Crippen molar-refractivity contribution in [1.82, 2.24) is 0 Å². The van der Waals surface area contributed by atoms with Crippen molar-refractivity contribution in [2.24, 2.45) is 0 Å². The van der Waals surface area contributed by atoms with Crippen LogP contribution in [0.1, 0.15) is 23.5 Å². The Balaban J connectivity index is 2.02. The second-order valence-electron chi connectivity index (χ2n) is 4.87. The summed E-state index contributed by atoms with van der Waals surface area (Å²) in [6.07, 6.45) is 0.213. The van der Waals surface area contributed by atoms with Crippen molar-refractivity contribution >= 4 is 5.97 Å². The van der Waals surface area contributed by atoms with Crippen LogP contribution in [0.2, 0.25) is 0 Å². The quantitative estimate of drug-likeness (QED) is 0.880. The van der Waals surface area contributed by atoms with E-state index in [9.17, 15) is 14.3 Å². The summed E-state index contributed by atoms with van der Waals surface area (Å²) in [5.74, 6) is -1.77. The molecule has 0 heterocycles. The number of halogens is 1. The number of hydrogen-bond donors (Lipinski definition) is 1. The normalized spacial score (nSPS) is 11.9. The Morgan fingerprint density at radius 2 is 2.00 bits per heavy atom. The van der Waals surface area contributed by atoms with Gasteiger partial charge in [0, 0.05) is 5.56 Å². The lowest BCUT2D eigenvalue weighted by Crippen LogP contribution is -2.16. The largest absolute Gasteiger partial charge is 0.494 e. The topological polar surface area (TPSA) is 46.5 Å². The number of ether oxygens (including phenoxy) is 1. The summed E-state index contributed by atoms with van der Waals surface area (Å²) < 4.78 is 19.2. The third-order valence-corrected chi connectivity index (χ3v) is 3.24. The van der Waals surface area contributed by atoms with Crippen molar-refractivity contribution in [1.29, 1.82) is 0 Å². The molecule has 0 saturated heterocycles. The molecule has 0 amide bonds. The number of hydrogen-bond acceptors (Lipinski definition) is 2. The molecule has 3 nitrogen and oxygen atoms in total. The van der Waals surface area contributed by atoms with Crippen LogP contribution in [-0.2, 0) is 4.79 Å². The maximum Gasteiger partial charge on any atom is 0.311 e. The number of rotatable bonds is 6. The highest BCUT2D eigenvalue weighted by Crippen LogP contribution is 2.23. The lowest BCUT2D eigenvalue weighted by atomic mass is 9.96. The van der Waals surface area contributed by atoms with Crippen molar-refractivity contribution in [2.75, 3.05) is 6.61 Å². The number of carbonyl (C=O) groups is 1. The molecular formula is C17H17FO3. The van der Waals surface area contributed by atoms with E-state index in [2.05, 4.69) is 0 Å². The highest BCUT2D eigenvalue weighted by Gasteiger charge is 2.22. The van der Waals surface area contributed by atoms with Crippen molar-refractivity contribution in [2.45, 2.75) is 19.3 Å². The third kappa shape index (κ3) is 4.05. The monoisotopic (exact) mass is 288 g/mol. The molecule has 0 aromatic heterocycles. The van der Waals surface area contributed by atoms with Gasteiger partial charge >= 0.3 is 5.97 Å². The van der Waals surface area contributed by atoms with Crippen molar-refractivity contribution in [3.63, 3.8) is 0 Å². The van der Waals surface area contributed by atoms with Crippen LogP contribution in [0, 0.1) is 12.7 Å². The summed E-state index contributed by atoms with van der Waals surface area (Å²) in [6, 6.07) is 13.5. The molecule has 0 radical (unpaired) electrons. The van der Waals surface area contributed by atoms with Gasteiger partial charge in [-0.15, -0.1) is 0 Å². The van der Waals surface area contributed by atoms with Crippen LogP contribution in [-0.4, -0.2) is 17.7 Å². The maximum absolute atomic E-state index is 13.7. The molecule has 21 heavy (non-hydrogen) atoms. The first-order chi connectivity index (χ1) is 10.1. The fraction of sp³-hybridized carbons (Fsp3) is 0.235. The van der Waals surface area contributed by atoms with Gasteiger partial charge in [-0.25, -0.2) is 4.39 Å². The second-order valence-corrected chi connectivity index (χ2v) is 4.87. The molecule has 0 saturated carbocycles. The fourth-order valence-corrected chi connectivity index (χ4v) is 2.17. The van der Waals surface area contributed by atoms with E-state index in [0.717, 1.165) is 5.56 Å². The highest BCUT2D eigenvalue weighted by molar-refractivity contribution is 5.76. The van der Waals surface area contributed by atoms with Crippen LogP contribution in [0.15, 0.2) is 48.5 Å². The van der Waals surface area contributed by atoms with E-state index in [-0.39, 0.29) is 18.6 Å². The summed E-state index contributed by atoms with van der Waals surface area (Å²) in [5.41, 5.74) is 1.26. The van der Waals surface area contributed by atoms with Crippen LogP contribution in [0.3, 0.4) is 0 Å². The van der Waals surface area contributed by atoms with Gasteiger partial charge in [-0.1, -0.05) is 30.3 Å². The molecule has 2 aromatic carbocycles. The standard InChI is InChI=1S/C17H17FO3/c1-12-5-4-6-13(11-12)21-10-9-15(17(19)20)14-7-2-3-8-16(14)18/h2-8,11,15H,9-10H2,1H3,(H,19,20). The number of aliphatic carboxylic acids is 1. The van der Waals surface area contributed by atoms with Crippen LogP contribution in [0.25, 0.3) is 0 Å². The first kappa shape index (κ1) is 15.0. The smallest absolute Gasteiger partial charge is 0.311 e. The Morgan fingerprint density at radius 1 is 1.24 bits per heavy atom. The number of aryl methyl sites for hydroxylation is 1. The lowest BCUT2D eigenvalue weighted by molar-refractivity contribution is -0.139. The summed E-state index contributed by atoms with van der Waals surface area (Å²) >= 11 is 0. The zero-order valence-electron chi connectivity index (χ0n) is 11.8. The highest BCUT2D eigenvalue weighted by atomic mass is 19.1. The van der Waals surface area contributed by atoms with Gasteiger partial charge in [0.25, 0.3) is 0 Å². The van der Waals surface area contributed by atoms with Crippen molar-refractivity contribution in [3.05, 3.63) is 65.5 Å². The Bertz CT molecular complexity index is 625. The zero-order valence-corrected chi connectivity index (χ0v) is 11.8. The Kier molecular flexibility index (Phi) is 4.93. The van der Waals surface area contributed by atoms with Gasteiger partial charge in [0.2, 0.25) is 0 Å². The summed E-state index contributed by atoms with van der Waals surface area (Å²) in [6.45, 7) is 2.17. The molecule has 0 spiro atoms. The van der Waals surface area contributed by atoms with Crippen molar-refractivity contribution in [3.8, 4) is 5.75 Å². The maximum atomic E-state index is 13.7. The zero-order chi connectivity index (χ0) is 15.2. The minimum Gasteiger partial charge on any atom is -0.494 e. The predicted molar refractivity (Wildman–Crippen MR) is 78.1 cm³/mol. The van der Waals surface area contributed by atoms with Crippen LogP contribution >= 0.6 is 0 Å². The van der Waals surface area contributed by atoms with E-state index >= 15 is 0 Å². The van der Waals surface area contributed by atoms with Gasteiger partial charge in [0.15, 0.2) is 0 Å². The first-order valence-electron chi connectivity index (χ1n) is 6.74. The van der Waals surface area contributed by atoms with E-state index in [4.69, 9.17) is 4.74 Å². The molecule has 0 aliphatic rings. The van der Waals surface area contributed by atoms with Gasteiger partial charge in [0.1, 0.15) is 11.6 Å². The second kappa shape index (κ2) is 6.88. The van der Waals surface area contributed by atoms with E-state index in [1.54, 1.807) is 12.1 Å². The molecule has 4 heteroatoms. The molecule has 1 N–H and O–H groups in total. The molecule has 0 bridgehead atoms. The number of benzene rings is 2. The third-order valence-electron chi connectivity index (χ3n) is 3.24. The molecule has 0 aliphatic carbocycles. The van der Waals surface area contributed by atoms with Gasteiger partial charge < -0.3 is 9.84 Å². The van der Waals surface area contributed by atoms with Gasteiger partial charge in [-0.3, -0.25) is 4.79 Å². The molecule has 2 rings (SSSR count). The molecular weight excluding hydrogens is 271 g/mol. The molecule has 1 atom stereocenters. The van der Waals surface area contributed by atoms with E-state index in [0.29, 0.717) is 5.75 Å². The summed E-state index contributed by atoms with van der Waals surface area (Å²) in [4.78, 5) is 11.3. The Labute approximate surface area is 123 Å². The molecule has 1 unspecified atom stereocenters. The Hall–Kier alpha value is -2.36. The van der Waals surface area contributed by atoms with Crippen molar-refractivity contribution < 1.29 is 19.0 Å². The lowest BCUT2D eigenvalue weighted by Gasteiger charge is -2.14. The predicted octanol–water partition coefficient (Wildman–Crippen LogP) is 3.77. The number of carboxylic acids is 1. The Morgan fingerprint density at radius 3 is 2.67 bits per heavy atom. The molecule has 110 valence electrons. The average molecular weight is 288 g/mol. The van der Waals surface area contributed by atoms with Crippen LogP contribution in [0.5, 0.6) is 5.75 Å². The van der Waals surface area contributed by atoms with E-state index < -0.39 is 17.7 Å². The van der Waals surface area contributed by atoms with Crippen LogP contribution in [0.4, 0.5) is 4.39 Å². The van der Waals surface area contributed by atoms with Gasteiger partial charge in [0.05, 0.1) is 12.5 Å². The number of carboxylic acid groups (broad SMARTS) is 1. The fourth-order valence-electron chi connectivity index (χ4n) is 2.17. The molecule has 2 aromatic rings. The van der Waals surface area contributed by atoms with E-state index in [1.807, 2.05) is 31.2 Å². The molecule has 0 fully saturated rings. The van der Waals surface area contributed by atoms with Crippen LogP contribution < -0.4 is 4.74 Å². The summed E-state index contributed by atoms with van der Waals surface area (Å²) in [7, 11) is 0. The molecule has 0 aliphatic heterocycles. The minimum atomic E-state index is -1.05. The summed E-state index contributed by atoms with van der Waals surface area (Å²) in [5, 5.41) is 9.27. The van der Waals surface area contributed by atoms with Gasteiger partial charge in [-0.05, 0) is 37.1 Å². The average Bonchev–Trinajstić information content (AvgIpc) is 2.44. The van der Waals surface area contributed by atoms with E-state index in [1.165, 1.54) is 12.1 Å². The minimum absolute atomic E-state index is 0.192. The van der Waals surface area contributed by atoms with Gasteiger partial charge in [-0.2, -0.15) is 0 Å². The first-order valence-corrected chi connectivity index (χ1v) is 6.74. The SMILES string of the molecule is Cc1cccc(OCCC(C(=O)O)c2ccccc2F)c1.